The average molecular weight is 338 g/mol. The molecule has 4 rings (SSSR count). The van der Waals surface area contributed by atoms with E-state index in [1.807, 2.05) is 36.1 Å². The molecule has 0 aliphatic carbocycles. The summed E-state index contributed by atoms with van der Waals surface area (Å²) in [5.41, 5.74) is 2.24. The van der Waals surface area contributed by atoms with E-state index < -0.39 is 0 Å². The van der Waals surface area contributed by atoms with Crippen molar-refractivity contribution in [2.75, 3.05) is 19.8 Å². The van der Waals surface area contributed by atoms with Gasteiger partial charge >= 0.3 is 0 Å². The van der Waals surface area contributed by atoms with Crippen molar-refractivity contribution in [2.24, 2.45) is 7.05 Å². The molecule has 1 fully saturated rings. The summed E-state index contributed by atoms with van der Waals surface area (Å²) >= 11 is 0. The first-order valence-electron chi connectivity index (χ1n) is 8.69. The smallest absolute Gasteiger partial charge is 0.160 e. The predicted molar refractivity (Wildman–Crippen MR) is 96.6 cm³/mol. The highest BCUT2D eigenvalue weighted by molar-refractivity contribution is 5.99. The fourth-order valence-corrected chi connectivity index (χ4v) is 3.23. The highest BCUT2D eigenvalue weighted by atomic mass is 16.7. The van der Waals surface area contributed by atoms with Gasteiger partial charge in [-0.3, -0.25) is 4.68 Å². The van der Waals surface area contributed by atoms with Gasteiger partial charge in [0.2, 0.25) is 0 Å². The van der Waals surface area contributed by atoms with Gasteiger partial charge in [0.1, 0.15) is 5.75 Å². The summed E-state index contributed by atoms with van der Waals surface area (Å²) < 4.78 is 19.1. The van der Waals surface area contributed by atoms with Gasteiger partial charge < -0.3 is 14.2 Å². The first kappa shape index (κ1) is 16.1. The Morgan fingerprint density at radius 2 is 1.88 bits per heavy atom. The first-order chi connectivity index (χ1) is 12.3. The SMILES string of the molecule is Cn1nccc1-c1ccc(OCCC2OCCCO2)c2ccccc12. The second kappa shape index (κ2) is 7.25. The molecule has 1 aromatic heterocycles. The van der Waals surface area contributed by atoms with Crippen molar-refractivity contribution >= 4 is 10.8 Å². The molecule has 0 atom stereocenters. The summed E-state index contributed by atoms with van der Waals surface area (Å²) in [4.78, 5) is 0. The van der Waals surface area contributed by atoms with Gasteiger partial charge in [0.05, 0.1) is 25.5 Å². The number of aromatic nitrogens is 2. The third kappa shape index (κ3) is 3.38. The molecule has 25 heavy (non-hydrogen) atoms. The van der Waals surface area contributed by atoms with Crippen LogP contribution in [-0.4, -0.2) is 35.9 Å². The lowest BCUT2D eigenvalue weighted by Gasteiger charge is -2.23. The fraction of sp³-hybridized carbons (Fsp3) is 0.350. The predicted octanol–water partition coefficient (Wildman–Crippen LogP) is 3.77. The van der Waals surface area contributed by atoms with Crippen LogP contribution in [0.15, 0.2) is 48.7 Å². The zero-order chi connectivity index (χ0) is 17.1. The van der Waals surface area contributed by atoms with Crippen molar-refractivity contribution in [3.05, 3.63) is 48.7 Å². The highest BCUT2D eigenvalue weighted by Gasteiger charge is 2.15. The lowest BCUT2D eigenvalue weighted by Crippen LogP contribution is -2.26. The number of ether oxygens (including phenoxy) is 3. The number of rotatable bonds is 5. The number of nitrogens with zero attached hydrogens (tertiary/aromatic N) is 2. The average Bonchev–Trinajstić information content (AvgIpc) is 3.08. The number of hydrogen-bond donors (Lipinski definition) is 0. The first-order valence-corrected chi connectivity index (χ1v) is 8.69. The van der Waals surface area contributed by atoms with E-state index in [0.29, 0.717) is 6.61 Å². The Kier molecular flexibility index (Phi) is 4.68. The number of aryl methyl sites for hydroxylation is 1. The lowest BCUT2D eigenvalue weighted by atomic mass is 10.0. The molecule has 0 saturated carbocycles. The van der Waals surface area contributed by atoms with Crippen LogP contribution in [-0.2, 0) is 16.5 Å². The minimum absolute atomic E-state index is 0.145. The Balaban J connectivity index is 1.57. The van der Waals surface area contributed by atoms with Crippen LogP contribution in [0, 0.1) is 0 Å². The van der Waals surface area contributed by atoms with E-state index >= 15 is 0 Å². The molecule has 5 nitrogen and oxygen atoms in total. The van der Waals surface area contributed by atoms with E-state index in [0.717, 1.165) is 53.8 Å². The topological polar surface area (TPSA) is 45.5 Å². The molecule has 5 heteroatoms. The van der Waals surface area contributed by atoms with E-state index in [-0.39, 0.29) is 6.29 Å². The molecule has 0 unspecified atom stereocenters. The zero-order valence-corrected chi connectivity index (χ0v) is 14.4. The van der Waals surface area contributed by atoms with Crippen LogP contribution in [0.2, 0.25) is 0 Å². The third-order valence-electron chi connectivity index (χ3n) is 4.49. The molecule has 2 aromatic carbocycles. The Morgan fingerprint density at radius 1 is 1.08 bits per heavy atom. The summed E-state index contributed by atoms with van der Waals surface area (Å²) in [7, 11) is 1.96. The van der Waals surface area contributed by atoms with Crippen molar-refractivity contribution in [1.82, 2.24) is 9.78 Å². The maximum absolute atomic E-state index is 6.04. The minimum atomic E-state index is -0.145. The summed E-state index contributed by atoms with van der Waals surface area (Å²) in [6, 6.07) is 14.5. The van der Waals surface area contributed by atoms with Crippen molar-refractivity contribution in [3.63, 3.8) is 0 Å². The Labute approximate surface area is 147 Å². The standard InChI is InChI=1S/C20H22N2O3/c1-22-18(9-11-21-22)16-7-8-19(17-6-3-2-5-15(16)17)23-14-10-20-24-12-4-13-25-20/h2-3,5-9,11,20H,4,10,12-14H2,1H3. The van der Waals surface area contributed by atoms with Crippen LogP contribution in [0.1, 0.15) is 12.8 Å². The summed E-state index contributed by atoms with van der Waals surface area (Å²) in [5, 5.41) is 6.55. The normalized spacial score (nSPS) is 15.6. The molecule has 1 aliphatic heterocycles. The summed E-state index contributed by atoms with van der Waals surface area (Å²) in [5.74, 6) is 0.886. The Bertz CT molecular complexity index is 853. The molecule has 0 radical (unpaired) electrons. The quantitative estimate of drug-likeness (QED) is 0.710. The number of hydrogen-bond acceptors (Lipinski definition) is 4. The highest BCUT2D eigenvalue weighted by Crippen LogP contribution is 2.34. The molecule has 1 aliphatic rings. The van der Waals surface area contributed by atoms with E-state index in [1.165, 1.54) is 0 Å². The van der Waals surface area contributed by atoms with Crippen LogP contribution >= 0.6 is 0 Å². The molecule has 130 valence electrons. The molecular formula is C20H22N2O3. The molecule has 0 amide bonds. The maximum atomic E-state index is 6.04. The van der Waals surface area contributed by atoms with E-state index in [4.69, 9.17) is 14.2 Å². The van der Waals surface area contributed by atoms with Crippen LogP contribution in [0.4, 0.5) is 0 Å². The van der Waals surface area contributed by atoms with Gasteiger partial charge in [0.15, 0.2) is 6.29 Å². The van der Waals surface area contributed by atoms with Crippen LogP contribution < -0.4 is 4.74 Å². The third-order valence-corrected chi connectivity index (χ3v) is 4.49. The van der Waals surface area contributed by atoms with Gasteiger partial charge in [0.25, 0.3) is 0 Å². The monoisotopic (exact) mass is 338 g/mol. The van der Waals surface area contributed by atoms with Gasteiger partial charge in [-0.15, -0.1) is 0 Å². The van der Waals surface area contributed by atoms with Crippen LogP contribution in [0.3, 0.4) is 0 Å². The molecule has 0 bridgehead atoms. The number of fused-ring (bicyclic) bond motifs is 1. The minimum Gasteiger partial charge on any atom is -0.493 e. The molecule has 0 spiro atoms. The molecule has 2 heterocycles. The lowest BCUT2D eigenvalue weighted by molar-refractivity contribution is -0.183. The fourth-order valence-electron chi connectivity index (χ4n) is 3.23. The van der Waals surface area contributed by atoms with Crippen molar-refractivity contribution in [1.29, 1.82) is 0 Å². The number of benzene rings is 2. The van der Waals surface area contributed by atoms with E-state index in [1.54, 1.807) is 0 Å². The van der Waals surface area contributed by atoms with Crippen molar-refractivity contribution < 1.29 is 14.2 Å². The van der Waals surface area contributed by atoms with Gasteiger partial charge in [0, 0.05) is 30.6 Å². The van der Waals surface area contributed by atoms with Crippen LogP contribution in [0.5, 0.6) is 5.75 Å². The van der Waals surface area contributed by atoms with Crippen molar-refractivity contribution in [3.8, 4) is 17.0 Å². The van der Waals surface area contributed by atoms with Crippen molar-refractivity contribution in [2.45, 2.75) is 19.1 Å². The molecule has 1 saturated heterocycles. The Hall–Kier alpha value is -2.37. The molecular weight excluding hydrogens is 316 g/mol. The van der Waals surface area contributed by atoms with Gasteiger partial charge in [-0.1, -0.05) is 24.3 Å². The van der Waals surface area contributed by atoms with Gasteiger partial charge in [-0.2, -0.15) is 5.10 Å². The molecule has 3 aromatic rings. The zero-order valence-electron chi connectivity index (χ0n) is 14.4. The van der Waals surface area contributed by atoms with Gasteiger partial charge in [-0.25, -0.2) is 0 Å². The molecule has 0 N–H and O–H groups in total. The summed E-state index contributed by atoms with van der Waals surface area (Å²) in [6.45, 7) is 2.11. The largest absolute Gasteiger partial charge is 0.493 e. The van der Waals surface area contributed by atoms with E-state index in [9.17, 15) is 0 Å². The van der Waals surface area contributed by atoms with Gasteiger partial charge in [-0.05, 0) is 30.0 Å². The maximum Gasteiger partial charge on any atom is 0.160 e. The van der Waals surface area contributed by atoms with Crippen LogP contribution in [0.25, 0.3) is 22.0 Å². The second-order valence-electron chi connectivity index (χ2n) is 6.16. The van der Waals surface area contributed by atoms with E-state index in [2.05, 4.69) is 29.4 Å². The Morgan fingerprint density at radius 3 is 2.64 bits per heavy atom. The second-order valence-corrected chi connectivity index (χ2v) is 6.16. The summed E-state index contributed by atoms with van der Waals surface area (Å²) in [6.07, 6.45) is 3.38.